The van der Waals surface area contributed by atoms with Crippen molar-refractivity contribution in [3.63, 3.8) is 0 Å². The van der Waals surface area contributed by atoms with Gasteiger partial charge in [-0.1, -0.05) is 0 Å². The minimum atomic E-state index is 0.0144. The molecule has 0 fully saturated rings. The van der Waals surface area contributed by atoms with Crippen LogP contribution in [-0.2, 0) is 6.54 Å². The van der Waals surface area contributed by atoms with Crippen LogP contribution in [0.1, 0.15) is 15.6 Å². The molecule has 3 aromatic rings. The number of aromatic nitrogens is 3. The van der Waals surface area contributed by atoms with Crippen molar-refractivity contribution in [2.45, 2.75) is 20.4 Å². The van der Waals surface area contributed by atoms with Gasteiger partial charge < -0.3 is 0 Å². The van der Waals surface area contributed by atoms with Gasteiger partial charge in [-0.3, -0.25) is 9.36 Å². The highest BCUT2D eigenvalue weighted by atomic mass is 32.1. The number of fused-ring (bicyclic) bond motifs is 1. The first kappa shape index (κ1) is 11.6. The maximum absolute atomic E-state index is 12.2. The van der Waals surface area contributed by atoms with Gasteiger partial charge in [0.1, 0.15) is 9.71 Å². The number of hydrogen-bond donors (Lipinski definition) is 0. The Hall–Kier alpha value is -1.53. The van der Waals surface area contributed by atoms with Crippen molar-refractivity contribution in [3.05, 3.63) is 43.7 Å². The van der Waals surface area contributed by atoms with Crippen molar-refractivity contribution >= 4 is 32.9 Å². The van der Waals surface area contributed by atoms with Crippen LogP contribution in [0.2, 0.25) is 0 Å². The van der Waals surface area contributed by atoms with Gasteiger partial charge in [0, 0.05) is 4.88 Å². The van der Waals surface area contributed by atoms with Gasteiger partial charge in [0.25, 0.3) is 5.56 Å². The van der Waals surface area contributed by atoms with Gasteiger partial charge in [0.05, 0.1) is 24.1 Å². The molecule has 3 heterocycles. The van der Waals surface area contributed by atoms with Crippen LogP contribution >= 0.6 is 22.7 Å². The van der Waals surface area contributed by atoms with E-state index in [4.69, 9.17) is 0 Å². The van der Waals surface area contributed by atoms with Gasteiger partial charge in [-0.05, 0) is 25.3 Å². The largest absolute Gasteiger partial charge is 0.291 e. The fourth-order valence-electron chi connectivity index (χ4n) is 1.74. The highest BCUT2D eigenvalue weighted by Crippen LogP contribution is 2.18. The summed E-state index contributed by atoms with van der Waals surface area (Å²) in [6.45, 7) is 4.53. The molecule has 3 rings (SSSR count). The summed E-state index contributed by atoms with van der Waals surface area (Å²) in [6, 6.07) is 1.86. The Labute approximate surface area is 112 Å². The van der Waals surface area contributed by atoms with E-state index >= 15 is 0 Å². The van der Waals surface area contributed by atoms with E-state index in [2.05, 4.69) is 9.97 Å². The van der Waals surface area contributed by atoms with Crippen LogP contribution in [0, 0.1) is 13.8 Å². The zero-order valence-electron chi connectivity index (χ0n) is 10.0. The molecule has 4 nitrogen and oxygen atoms in total. The molecule has 0 saturated carbocycles. The highest BCUT2D eigenvalue weighted by molar-refractivity contribution is 7.17. The Kier molecular flexibility index (Phi) is 2.76. The van der Waals surface area contributed by atoms with E-state index in [-0.39, 0.29) is 5.56 Å². The van der Waals surface area contributed by atoms with Crippen LogP contribution in [0.3, 0.4) is 0 Å². The molecule has 0 spiro atoms. The maximum atomic E-state index is 12.2. The number of thiazole rings is 1. The lowest BCUT2D eigenvalue weighted by atomic mass is 10.4. The van der Waals surface area contributed by atoms with E-state index < -0.39 is 0 Å². The second kappa shape index (κ2) is 4.29. The van der Waals surface area contributed by atoms with Gasteiger partial charge >= 0.3 is 0 Å². The van der Waals surface area contributed by atoms with Crippen molar-refractivity contribution in [2.75, 3.05) is 0 Å². The van der Waals surface area contributed by atoms with Gasteiger partial charge in [0.2, 0.25) is 0 Å². The van der Waals surface area contributed by atoms with Crippen LogP contribution in [0.15, 0.2) is 22.6 Å². The Morgan fingerprint density at radius 3 is 2.94 bits per heavy atom. The molecular weight excluding hydrogens is 266 g/mol. The van der Waals surface area contributed by atoms with Crippen molar-refractivity contribution < 1.29 is 0 Å². The third kappa shape index (κ3) is 1.87. The lowest BCUT2D eigenvalue weighted by Gasteiger charge is -2.01. The molecule has 0 unspecified atom stereocenters. The zero-order valence-corrected chi connectivity index (χ0v) is 11.6. The van der Waals surface area contributed by atoms with Gasteiger partial charge in [-0.2, -0.15) is 0 Å². The molecule has 0 radical (unpaired) electrons. The second-order valence-corrected chi connectivity index (χ2v) is 6.27. The summed E-state index contributed by atoms with van der Waals surface area (Å²) in [6.07, 6.45) is 1.60. The van der Waals surface area contributed by atoms with Crippen LogP contribution in [0.5, 0.6) is 0 Å². The Balaban J connectivity index is 2.04. The molecule has 6 heteroatoms. The van der Waals surface area contributed by atoms with Gasteiger partial charge in [0.15, 0.2) is 0 Å². The molecule has 0 atom stereocenters. The van der Waals surface area contributed by atoms with E-state index in [0.29, 0.717) is 11.2 Å². The first-order valence-electron chi connectivity index (χ1n) is 5.50. The number of hydrogen-bond acceptors (Lipinski definition) is 5. The molecule has 0 aliphatic rings. The second-order valence-electron chi connectivity index (χ2n) is 4.06. The summed E-state index contributed by atoms with van der Waals surface area (Å²) in [5.41, 5.74) is 1.82. The normalized spacial score (nSPS) is 11.2. The topological polar surface area (TPSA) is 47.8 Å². The number of aryl methyl sites for hydroxylation is 2. The molecule has 18 heavy (non-hydrogen) atoms. The molecule has 0 aromatic carbocycles. The summed E-state index contributed by atoms with van der Waals surface area (Å²) in [4.78, 5) is 22.1. The van der Waals surface area contributed by atoms with Crippen LogP contribution in [0.4, 0.5) is 0 Å². The van der Waals surface area contributed by atoms with Crippen molar-refractivity contribution in [2.24, 2.45) is 0 Å². The Morgan fingerprint density at radius 2 is 2.22 bits per heavy atom. The maximum Gasteiger partial charge on any atom is 0.271 e. The van der Waals surface area contributed by atoms with E-state index in [0.717, 1.165) is 16.2 Å². The highest BCUT2D eigenvalue weighted by Gasteiger charge is 2.08. The first-order valence-corrected chi connectivity index (χ1v) is 7.20. The van der Waals surface area contributed by atoms with E-state index in [1.54, 1.807) is 22.2 Å². The SMILES string of the molecule is Cc1nc(Cn2cnc3ccsc3c2=O)sc1C. The summed E-state index contributed by atoms with van der Waals surface area (Å²) in [7, 11) is 0. The van der Waals surface area contributed by atoms with Crippen LogP contribution in [-0.4, -0.2) is 14.5 Å². The molecule has 3 aromatic heterocycles. The van der Waals surface area contributed by atoms with E-state index in [9.17, 15) is 4.79 Å². The summed E-state index contributed by atoms with van der Waals surface area (Å²) in [5, 5.41) is 2.84. The van der Waals surface area contributed by atoms with Crippen molar-refractivity contribution in [1.82, 2.24) is 14.5 Å². The number of rotatable bonds is 2. The molecule has 0 aliphatic carbocycles. The van der Waals surface area contributed by atoms with Gasteiger partial charge in [-0.25, -0.2) is 9.97 Å². The molecule has 0 aliphatic heterocycles. The monoisotopic (exact) mass is 277 g/mol. The summed E-state index contributed by atoms with van der Waals surface area (Å²) in [5.74, 6) is 0. The van der Waals surface area contributed by atoms with E-state index in [1.807, 2.05) is 25.3 Å². The average molecular weight is 277 g/mol. The fourth-order valence-corrected chi connectivity index (χ4v) is 3.47. The number of nitrogens with zero attached hydrogens (tertiary/aromatic N) is 3. The first-order chi connectivity index (χ1) is 8.65. The lowest BCUT2D eigenvalue weighted by Crippen LogP contribution is -2.20. The van der Waals surface area contributed by atoms with Crippen molar-refractivity contribution in [3.8, 4) is 0 Å². The smallest absolute Gasteiger partial charge is 0.271 e. The summed E-state index contributed by atoms with van der Waals surface area (Å²) < 4.78 is 2.33. The van der Waals surface area contributed by atoms with E-state index in [1.165, 1.54) is 16.2 Å². The minimum Gasteiger partial charge on any atom is -0.291 e. The Morgan fingerprint density at radius 1 is 1.39 bits per heavy atom. The molecule has 0 N–H and O–H groups in total. The average Bonchev–Trinajstić information content (AvgIpc) is 2.91. The van der Waals surface area contributed by atoms with Crippen LogP contribution < -0.4 is 5.56 Å². The molecule has 92 valence electrons. The van der Waals surface area contributed by atoms with Gasteiger partial charge in [-0.15, -0.1) is 22.7 Å². The quantitative estimate of drug-likeness (QED) is 0.723. The molecule has 0 bridgehead atoms. The predicted molar refractivity (Wildman–Crippen MR) is 74.6 cm³/mol. The molecular formula is C12H11N3OS2. The lowest BCUT2D eigenvalue weighted by molar-refractivity contribution is 0.743. The molecule has 0 saturated heterocycles. The standard InChI is InChI=1S/C12H11N3OS2/c1-7-8(2)18-10(14-7)5-15-6-13-9-3-4-17-11(9)12(15)16/h3-4,6H,5H2,1-2H3. The van der Waals surface area contributed by atoms with Crippen molar-refractivity contribution in [1.29, 1.82) is 0 Å². The third-order valence-corrected chi connectivity index (χ3v) is 4.76. The predicted octanol–water partition coefficient (Wildman–Crippen LogP) is 2.58. The van der Waals surface area contributed by atoms with Crippen LogP contribution in [0.25, 0.3) is 10.2 Å². The summed E-state index contributed by atoms with van der Waals surface area (Å²) >= 11 is 3.06. The Bertz CT molecular complexity index is 750. The minimum absolute atomic E-state index is 0.0144. The zero-order chi connectivity index (χ0) is 12.7. The fraction of sp³-hybridized carbons (Fsp3) is 0.250. The third-order valence-electron chi connectivity index (χ3n) is 2.81. The number of thiophene rings is 1. The molecule has 0 amide bonds.